The molecule has 98 valence electrons. The van der Waals surface area contributed by atoms with E-state index in [2.05, 4.69) is 17.6 Å². The normalized spacial score (nSPS) is 16.9. The molecule has 0 aromatic heterocycles. The van der Waals surface area contributed by atoms with Crippen molar-refractivity contribution in [1.82, 2.24) is 15.5 Å². The van der Waals surface area contributed by atoms with Gasteiger partial charge in [0.2, 0.25) is 11.8 Å². The summed E-state index contributed by atoms with van der Waals surface area (Å²) < 4.78 is 0. The molecule has 0 unspecified atom stereocenters. The lowest BCUT2D eigenvalue weighted by atomic mass is 10.1. The molecule has 5 nitrogen and oxygen atoms in total. The molecule has 0 bridgehead atoms. The number of nitrogens with one attached hydrogen (secondary N) is 2. The molecule has 17 heavy (non-hydrogen) atoms. The van der Waals surface area contributed by atoms with Gasteiger partial charge in [0.1, 0.15) is 0 Å². The molecule has 1 heterocycles. The first-order valence-corrected chi connectivity index (χ1v) is 6.39. The standard InChI is InChI=1S/C12H23N3O2/c1-3-6-13-9-12(17)15-7-4-11(5-8-15)14-10(2)16/h11,13H,3-9H2,1-2H3,(H,14,16). The summed E-state index contributed by atoms with van der Waals surface area (Å²) in [5.74, 6) is 0.180. The Balaban J connectivity index is 2.21. The van der Waals surface area contributed by atoms with E-state index in [1.165, 1.54) is 6.92 Å². The molecule has 1 fully saturated rings. The summed E-state index contributed by atoms with van der Waals surface area (Å²) in [7, 11) is 0. The molecule has 1 aliphatic rings. The van der Waals surface area contributed by atoms with Crippen molar-refractivity contribution < 1.29 is 9.59 Å². The Morgan fingerprint density at radius 3 is 2.47 bits per heavy atom. The smallest absolute Gasteiger partial charge is 0.236 e. The Morgan fingerprint density at radius 1 is 1.29 bits per heavy atom. The summed E-state index contributed by atoms with van der Waals surface area (Å²) in [6.07, 6.45) is 2.76. The second kappa shape index (κ2) is 7.27. The van der Waals surface area contributed by atoms with E-state index in [0.717, 1.165) is 38.9 Å². The van der Waals surface area contributed by atoms with Crippen molar-refractivity contribution in [3.8, 4) is 0 Å². The Bertz CT molecular complexity index is 260. The van der Waals surface area contributed by atoms with E-state index < -0.39 is 0 Å². The van der Waals surface area contributed by atoms with Crippen LogP contribution in [0.5, 0.6) is 0 Å². The fraction of sp³-hybridized carbons (Fsp3) is 0.833. The van der Waals surface area contributed by atoms with Crippen LogP contribution in [0.2, 0.25) is 0 Å². The molecule has 2 N–H and O–H groups in total. The minimum absolute atomic E-state index is 0.0133. The Hall–Kier alpha value is -1.10. The predicted molar refractivity (Wildman–Crippen MR) is 66.6 cm³/mol. The number of likely N-dealkylation sites (tertiary alicyclic amines) is 1. The molecule has 0 aliphatic carbocycles. The van der Waals surface area contributed by atoms with Gasteiger partial charge in [-0.3, -0.25) is 9.59 Å². The van der Waals surface area contributed by atoms with E-state index in [-0.39, 0.29) is 17.9 Å². The molecule has 0 atom stereocenters. The monoisotopic (exact) mass is 241 g/mol. The zero-order valence-electron chi connectivity index (χ0n) is 10.8. The first-order valence-electron chi connectivity index (χ1n) is 6.39. The van der Waals surface area contributed by atoms with E-state index in [1.54, 1.807) is 0 Å². The van der Waals surface area contributed by atoms with Gasteiger partial charge in [0.05, 0.1) is 6.54 Å². The summed E-state index contributed by atoms with van der Waals surface area (Å²) in [5, 5.41) is 6.02. The lowest BCUT2D eigenvalue weighted by Crippen LogP contribution is -2.48. The second-order valence-corrected chi connectivity index (χ2v) is 4.53. The molecular weight excluding hydrogens is 218 g/mol. The van der Waals surface area contributed by atoms with E-state index in [4.69, 9.17) is 0 Å². The summed E-state index contributed by atoms with van der Waals surface area (Å²) in [4.78, 5) is 24.6. The molecule has 0 radical (unpaired) electrons. The second-order valence-electron chi connectivity index (χ2n) is 4.53. The molecule has 0 aromatic rings. The molecular formula is C12H23N3O2. The van der Waals surface area contributed by atoms with Crippen LogP contribution in [0.4, 0.5) is 0 Å². The average molecular weight is 241 g/mol. The van der Waals surface area contributed by atoms with Gasteiger partial charge in [-0.25, -0.2) is 0 Å². The first-order chi connectivity index (χ1) is 8.13. The quantitative estimate of drug-likeness (QED) is 0.672. The number of carbonyl (C=O) groups excluding carboxylic acids is 2. The van der Waals surface area contributed by atoms with E-state index >= 15 is 0 Å². The van der Waals surface area contributed by atoms with Gasteiger partial charge in [0, 0.05) is 26.1 Å². The van der Waals surface area contributed by atoms with Gasteiger partial charge in [0.15, 0.2) is 0 Å². The van der Waals surface area contributed by atoms with Gasteiger partial charge >= 0.3 is 0 Å². The van der Waals surface area contributed by atoms with Gasteiger partial charge in [-0.05, 0) is 25.8 Å². The molecule has 0 aromatic carbocycles. The molecule has 2 amide bonds. The number of hydrogen-bond acceptors (Lipinski definition) is 3. The third-order valence-corrected chi connectivity index (χ3v) is 2.96. The van der Waals surface area contributed by atoms with E-state index in [1.807, 2.05) is 4.90 Å². The lowest BCUT2D eigenvalue weighted by molar-refractivity contribution is -0.131. The van der Waals surface area contributed by atoms with Crippen LogP contribution in [0, 0.1) is 0 Å². The van der Waals surface area contributed by atoms with Crippen LogP contribution in [-0.2, 0) is 9.59 Å². The number of carbonyl (C=O) groups is 2. The molecule has 1 saturated heterocycles. The van der Waals surface area contributed by atoms with Crippen molar-refractivity contribution in [1.29, 1.82) is 0 Å². The molecule has 0 saturated carbocycles. The highest BCUT2D eigenvalue weighted by atomic mass is 16.2. The number of hydrogen-bond donors (Lipinski definition) is 2. The third kappa shape index (κ3) is 5.17. The average Bonchev–Trinajstić information content (AvgIpc) is 2.29. The molecule has 5 heteroatoms. The largest absolute Gasteiger partial charge is 0.353 e. The van der Waals surface area contributed by atoms with Crippen molar-refractivity contribution in [2.45, 2.75) is 39.2 Å². The highest BCUT2D eigenvalue weighted by Crippen LogP contribution is 2.10. The van der Waals surface area contributed by atoms with E-state index in [9.17, 15) is 9.59 Å². The fourth-order valence-electron chi connectivity index (χ4n) is 2.04. The van der Waals surface area contributed by atoms with Crippen LogP contribution in [-0.4, -0.2) is 48.9 Å². The zero-order valence-corrected chi connectivity index (χ0v) is 10.8. The van der Waals surface area contributed by atoms with Crippen molar-refractivity contribution in [2.75, 3.05) is 26.2 Å². The number of piperidine rings is 1. The van der Waals surface area contributed by atoms with Crippen LogP contribution in [0.1, 0.15) is 33.1 Å². The fourth-order valence-corrected chi connectivity index (χ4v) is 2.04. The van der Waals surface area contributed by atoms with Gasteiger partial charge in [-0.15, -0.1) is 0 Å². The van der Waals surface area contributed by atoms with Crippen molar-refractivity contribution in [3.63, 3.8) is 0 Å². The van der Waals surface area contributed by atoms with Gasteiger partial charge in [-0.1, -0.05) is 6.92 Å². The van der Waals surface area contributed by atoms with E-state index in [0.29, 0.717) is 6.54 Å². The van der Waals surface area contributed by atoms with Gasteiger partial charge < -0.3 is 15.5 Å². The summed E-state index contributed by atoms with van der Waals surface area (Å²) in [6.45, 7) is 6.42. The number of nitrogens with zero attached hydrogens (tertiary/aromatic N) is 1. The SMILES string of the molecule is CCCNCC(=O)N1CCC(NC(C)=O)CC1. The topological polar surface area (TPSA) is 61.4 Å². The van der Waals surface area contributed by atoms with Crippen molar-refractivity contribution in [2.24, 2.45) is 0 Å². The minimum Gasteiger partial charge on any atom is -0.353 e. The highest BCUT2D eigenvalue weighted by molar-refractivity contribution is 5.78. The van der Waals surface area contributed by atoms with Crippen LogP contribution >= 0.6 is 0 Å². The first kappa shape index (κ1) is 14.0. The maximum Gasteiger partial charge on any atom is 0.236 e. The summed E-state index contributed by atoms with van der Waals surface area (Å²) >= 11 is 0. The van der Waals surface area contributed by atoms with Crippen molar-refractivity contribution in [3.05, 3.63) is 0 Å². The maximum atomic E-state index is 11.8. The molecule has 1 rings (SSSR count). The lowest BCUT2D eigenvalue weighted by Gasteiger charge is -2.32. The van der Waals surface area contributed by atoms with Gasteiger partial charge in [0.25, 0.3) is 0 Å². The minimum atomic E-state index is 0.0133. The Labute approximate surface area is 103 Å². The van der Waals surface area contributed by atoms with Gasteiger partial charge in [-0.2, -0.15) is 0 Å². The van der Waals surface area contributed by atoms with Crippen LogP contribution in [0.3, 0.4) is 0 Å². The maximum absolute atomic E-state index is 11.8. The zero-order chi connectivity index (χ0) is 12.7. The number of amides is 2. The molecule has 1 aliphatic heterocycles. The number of rotatable bonds is 5. The van der Waals surface area contributed by atoms with Crippen molar-refractivity contribution >= 4 is 11.8 Å². The third-order valence-electron chi connectivity index (χ3n) is 2.96. The van der Waals surface area contributed by atoms with Crippen LogP contribution < -0.4 is 10.6 Å². The summed E-state index contributed by atoms with van der Waals surface area (Å²) in [5.41, 5.74) is 0. The predicted octanol–water partition coefficient (Wildman–Crippen LogP) is 0.113. The Morgan fingerprint density at radius 2 is 1.94 bits per heavy atom. The Kier molecular flexibility index (Phi) is 5.97. The van der Waals surface area contributed by atoms with Crippen LogP contribution in [0.25, 0.3) is 0 Å². The molecule has 0 spiro atoms. The highest BCUT2D eigenvalue weighted by Gasteiger charge is 2.22. The van der Waals surface area contributed by atoms with Crippen LogP contribution in [0.15, 0.2) is 0 Å². The summed E-state index contributed by atoms with van der Waals surface area (Å²) in [6, 6.07) is 0.236.